The smallest absolute Gasteiger partial charge is 0.344 e. The van der Waals surface area contributed by atoms with Crippen LogP contribution in [0.5, 0.6) is 5.75 Å². The van der Waals surface area contributed by atoms with E-state index in [2.05, 4.69) is 15.9 Å². The lowest BCUT2D eigenvalue weighted by molar-refractivity contribution is -0.145. The molecule has 1 rings (SSSR count). The van der Waals surface area contributed by atoms with E-state index in [1.165, 1.54) is 0 Å². The molecule has 1 atom stereocenters. The van der Waals surface area contributed by atoms with Crippen molar-refractivity contribution in [2.45, 2.75) is 32.3 Å². The summed E-state index contributed by atoms with van der Waals surface area (Å²) < 4.78 is 6.36. The van der Waals surface area contributed by atoms with Crippen LogP contribution in [-0.4, -0.2) is 17.2 Å². The second-order valence-electron chi connectivity index (χ2n) is 3.54. The van der Waals surface area contributed by atoms with E-state index in [4.69, 9.17) is 9.84 Å². The molecular formula is C12H15BrO3. The molecule has 0 amide bonds. The van der Waals surface area contributed by atoms with Crippen molar-refractivity contribution in [2.75, 3.05) is 0 Å². The second kappa shape index (κ2) is 6.53. The molecule has 0 aliphatic rings. The highest BCUT2D eigenvalue weighted by molar-refractivity contribution is 9.10. The van der Waals surface area contributed by atoms with E-state index in [1.807, 2.05) is 19.1 Å². The molecule has 1 unspecified atom stereocenters. The molecule has 0 saturated carbocycles. The summed E-state index contributed by atoms with van der Waals surface area (Å²) in [6.07, 6.45) is 1.62. The fourth-order valence-corrected chi connectivity index (χ4v) is 1.56. The standard InChI is InChI=1S/C12H15BrO3/c1-2-3-4-11(12(14)15)16-10-7-5-9(13)6-8-10/h5-8,11H,2-4H2,1H3,(H,14,15). The van der Waals surface area contributed by atoms with Gasteiger partial charge in [0.25, 0.3) is 0 Å². The van der Waals surface area contributed by atoms with Gasteiger partial charge in [0.05, 0.1) is 0 Å². The number of benzene rings is 1. The van der Waals surface area contributed by atoms with Crippen molar-refractivity contribution in [3.8, 4) is 5.75 Å². The number of ether oxygens (including phenoxy) is 1. The van der Waals surface area contributed by atoms with E-state index in [1.54, 1.807) is 12.1 Å². The van der Waals surface area contributed by atoms with E-state index in [0.29, 0.717) is 12.2 Å². The van der Waals surface area contributed by atoms with Crippen LogP contribution in [0.25, 0.3) is 0 Å². The summed E-state index contributed by atoms with van der Waals surface area (Å²) >= 11 is 3.31. The minimum absolute atomic E-state index is 0.544. The van der Waals surface area contributed by atoms with Gasteiger partial charge < -0.3 is 9.84 Å². The Bertz CT molecular complexity index is 335. The number of hydrogen-bond acceptors (Lipinski definition) is 2. The average molecular weight is 287 g/mol. The number of unbranched alkanes of at least 4 members (excludes halogenated alkanes) is 1. The van der Waals surface area contributed by atoms with Gasteiger partial charge in [0.1, 0.15) is 5.75 Å². The van der Waals surface area contributed by atoms with Gasteiger partial charge in [-0.25, -0.2) is 4.79 Å². The lowest BCUT2D eigenvalue weighted by Crippen LogP contribution is -2.26. The molecule has 0 spiro atoms. The zero-order valence-corrected chi connectivity index (χ0v) is 10.7. The molecule has 88 valence electrons. The average Bonchev–Trinajstić information content (AvgIpc) is 2.26. The highest BCUT2D eigenvalue weighted by atomic mass is 79.9. The van der Waals surface area contributed by atoms with Crippen molar-refractivity contribution in [3.05, 3.63) is 28.7 Å². The normalized spacial score (nSPS) is 12.1. The molecule has 0 bridgehead atoms. The first-order valence-electron chi connectivity index (χ1n) is 5.28. The van der Waals surface area contributed by atoms with Crippen molar-refractivity contribution in [2.24, 2.45) is 0 Å². The molecule has 16 heavy (non-hydrogen) atoms. The molecule has 0 saturated heterocycles. The molecule has 0 aromatic heterocycles. The van der Waals surface area contributed by atoms with E-state index in [9.17, 15) is 4.79 Å². The first kappa shape index (κ1) is 13.0. The largest absolute Gasteiger partial charge is 0.479 e. The Balaban J connectivity index is 2.60. The molecule has 0 radical (unpaired) electrons. The van der Waals surface area contributed by atoms with Crippen LogP contribution in [-0.2, 0) is 4.79 Å². The van der Waals surface area contributed by atoms with E-state index >= 15 is 0 Å². The van der Waals surface area contributed by atoms with Crippen LogP contribution in [0.3, 0.4) is 0 Å². The van der Waals surface area contributed by atoms with E-state index in [-0.39, 0.29) is 0 Å². The van der Waals surface area contributed by atoms with Crippen molar-refractivity contribution in [1.82, 2.24) is 0 Å². The minimum Gasteiger partial charge on any atom is -0.479 e. The lowest BCUT2D eigenvalue weighted by Gasteiger charge is -2.14. The second-order valence-corrected chi connectivity index (χ2v) is 4.46. The highest BCUT2D eigenvalue weighted by Crippen LogP contribution is 2.18. The Labute approximate surface area is 104 Å². The van der Waals surface area contributed by atoms with Gasteiger partial charge in [-0.3, -0.25) is 0 Å². The number of carbonyl (C=O) groups is 1. The van der Waals surface area contributed by atoms with Gasteiger partial charge in [-0.2, -0.15) is 0 Å². The molecule has 0 heterocycles. The Hall–Kier alpha value is -1.03. The fourth-order valence-electron chi connectivity index (χ4n) is 1.30. The van der Waals surface area contributed by atoms with Crippen LogP contribution < -0.4 is 4.74 Å². The maximum absolute atomic E-state index is 10.9. The highest BCUT2D eigenvalue weighted by Gasteiger charge is 2.18. The summed E-state index contributed by atoms with van der Waals surface area (Å²) in [6.45, 7) is 2.03. The van der Waals surface area contributed by atoms with Gasteiger partial charge in [-0.05, 0) is 37.1 Å². The number of carboxylic acid groups (broad SMARTS) is 1. The van der Waals surface area contributed by atoms with Gasteiger partial charge in [0, 0.05) is 4.47 Å². The Kier molecular flexibility index (Phi) is 5.32. The molecule has 4 heteroatoms. The maximum Gasteiger partial charge on any atom is 0.344 e. The summed E-state index contributed by atoms with van der Waals surface area (Å²) in [6, 6.07) is 7.17. The van der Waals surface area contributed by atoms with Crippen molar-refractivity contribution in [3.63, 3.8) is 0 Å². The van der Waals surface area contributed by atoms with Crippen molar-refractivity contribution < 1.29 is 14.6 Å². The molecule has 0 fully saturated rings. The fraction of sp³-hybridized carbons (Fsp3) is 0.417. The Morgan fingerprint density at radius 1 is 1.44 bits per heavy atom. The quantitative estimate of drug-likeness (QED) is 0.871. The summed E-state index contributed by atoms with van der Waals surface area (Å²) in [7, 11) is 0. The van der Waals surface area contributed by atoms with Crippen LogP contribution in [0.2, 0.25) is 0 Å². The van der Waals surface area contributed by atoms with Gasteiger partial charge >= 0.3 is 5.97 Å². The first-order valence-corrected chi connectivity index (χ1v) is 6.07. The Morgan fingerprint density at radius 2 is 2.06 bits per heavy atom. The zero-order valence-electron chi connectivity index (χ0n) is 9.15. The van der Waals surface area contributed by atoms with Crippen LogP contribution in [0.1, 0.15) is 26.2 Å². The van der Waals surface area contributed by atoms with Crippen LogP contribution >= 0.6 is 15.9 Å². The third kappa shape index (κ3) is 4.23. The summed E-state index contributed by atoms with van der Waals surface area (Å²) in [5.41, 5.74) is 0. The molecule has 1 aromatic carbocycles. The predicted molar refractivity (Wildman–Crippen MR) is 65.7 cm³/mol. The number of rotatable bonds is 6. The number of carboxylic acids is 1. The maximum atomic E-state index is 10.9. The first-order chi connectivity index (χ1) is 7.63. The zero-order chi connectivity index (χ0) is 12.0. The number of halogens is 1. The molecular weight excluding hydrogens is 272 g/mol. The third-order valence-corrected chi connectivity index (χ3v) is 2.72. The third-order valence-electron chi connectivity index (χ3n) is 2.19. The van der Waals surface area contributed by atoms with Gasteiger partial charge in [-0.1, -0.05) is 29.3 Å². The summed E-state index contributed by atoms with van der Waals surface area (Å²) in [4.78, 5) is 10.9. The van der Waals surface area contributed by atoms with Gasteiger partial charge in [0.15, 0.2) is 6.10 Å². The molecule has 0 aliphatic carbocycles. The molecule has 1 N–H and O–H groups in total. The number of hydrogen-bond donors (Lipinski definition) is 1. The monoisotopic (exact) mass is 286 g/mol. The van der Waals surface area contributed by atoms with Crippen molar-refractivity contribution in [1.29, 1.82) is 0 Å². The van der Waals surface area contributed by atoms with Crippen LogP contribution in [0, 0.1) is 0 Å². The summed E-state index contributed by atoms with van der Waals surface area (Å²) in [5, 5.41) is 8.98. The predicted octanol–water partition coefficient (Wildman–Crippen LogP) is 3.47. The van der Waals surface area contributed by atoms with Crippen molar-refractivity contribution >= 4 is 21.9 Å². The number of aliphatic carboxylic acids is 1. The topological polar surface area (TPSA) is 46.5 Å². The van der Waals surface area contributed by atoms with Crippen LogP contribution in [0.15, 0.2) is 28.7 Å². The minimum atomic E-state index is -0.906. The van der Waals surface area contributed by atoms with Gasteiger partial charge in [0.2, 0.25) is 0 Å². The Morgan fingerprint density at radius 3 is 2.56 bits per heavy atom. The molecule has 1 aromatic rings. The lowest BCUT2D eigenvalue weighted by atomic mass is 10.1. The van der Waals surface area contributed by atoms with E-state index in [0.717, 1.165) is 17.3 Å². The van der Waals surface area contributed by atoms with Crippen LogP contribution in [0.4, 0.5) is 0 Å². The van der Waals surface area contributed by atoms with Gasteiger partial charge in [-0.15, -0.1) is 0 Å². The SMILES string of the molecule is CCCCC(Oc1ccc(Br)cc1)C(=O)O. The molecule has 3 nitrogen and oxygen atoms in total. The molecule has 0 aliphatic heterocycles. The summed E-state index contributed by atoms with van der Waals surface area (Å²) in [5.74, 6) is -0.317. The van der Waals surface area contributed by atoms with E-state index < -0.39 is 12.1 Å².